The highest BCUT2D eigenvalue weighted by Crippen LogP contribution is 2.14. The van der Waals surface area contributed by atoms with E-state index in [0.29, 0.717) is 0 Å². The first-order chi connectivity index (χ1) is 6.02. The van der Waals surface area contributed by atoms with E-state index in [1.807, 2.05) is 13.8 Å². The lowest BCUT2D eigenvalue weighted by atomic mass is 10.1. The number of ether oxygens (including phenoxy) is 1. The summed E-state index contributed by atoms with van der Waals surface area (Å²) in [6.45, 7) is 3.89. The highest BCUT2D eigenvalue weighted by molar-refractivity contribution is 5.75. The molecule has 5 nitrogen and oxygen atoms in total. The van der Waals surface area contributed by atoms with Crippen molar-refractivity contribution in [1.82, 2.24) is 5.32 Å². The molecule has 0 bridgehead atoms. The van der Waals surface area contributed by atoms with Crippen LogP contribution in [0.5, 0.6) is 0 Å². The Morgan fingerprint density at radius 2 is 2.23 bits per heavy atom. The highest BCUT2D eigenvalue weighted by Gasteiger charge is 2.40. The maximum Gasteiger partial charge on any atom is 0.323 e. The van der Waals surface area contributed by atoms with Crippen molar-refractivity contribution in [2.24, 2.45) is 0 Å². The molecule has 1 saturated heterocycles. The van der Waals surface area contributed by atoms with Gasteiger partial charge in [-0.05, 0) is 13.8 Å². The third kappa shape index (κ3) is 2.40. The molecule has 1 aliphatic heterocycles. The van der Waals surface area contributed by atoms with E-state index in [4.69, 9.17) is 9.84 Å². The van der Waals surface area contributed by atoms with Gasteiger partial charge in [0, 0.05) is 6.54 Å². The number of nitrogens with one attached hydrogen (secondary N) is 1. The number of aliphatic carboxylic acids is 1. The lowest BCUT2D eigenvalue weighted by Gasteiger charge is -2.21. The first kappa shape index (κ1) is 10.4. The van der Waals surface area contributed by atoms with Crippen LogP contribution in [-0.4, -0.2) is 47.1 Å². The Hall–Kier alpha value is -0.650. The summed E-state index contributed by atoms with van der Waals surface area (Å²) in [6, 6.07) is -0.794. The lowest BCUT2D eigenvalue weighted by molar-refractivity contribution is -0.145. The second-order valence-corrected chi connectivity index (χ2v) is 3.44. The molecular weight excluding hydrogens is 174 g/mol. The second-order valence-electron chi connectivity index (χ2n) is 3.44. The highest BCUT2D eigenvalue weighted by atomic mass is 16.5. The molecule has 0 aromatic rings. The zero-order valence-electron chi connectivity index (χ0n) is 7.73. The second kappa shape index (κ2) is 4.04. The summed E-state index contributed by atoms with van der Waals surface area (Å²) < 4.78 is 5.30. The summed E-state index contributed by atoms with van der Waals surface area (Å²) in [4.78, 5) is 10.7. The molecule has 3 N–H and O–H groups in total. The van der Waals surface area contributed by atoms with E-state index >= 15 is 0 Å². The van der Waals surface area contributed by atoms with Crippen molar-refractivity contribution in [3.05, 3.63) is 0 Å². The summed E-state index contributed by atoms with van der Waals surface area (Å²) in [6.07, 6.45) is -1.46. The summed E-state index contributed by atoms with van der Waals surface area (Å²) in [5.41, 5.74) is 0. The van der Waals surface area contributed by atoms with E-state index in [9.17, 15) is 9.90 Å². The first-order valence-corrected chi connectivity index (χ1v) is 4.32. The number of hydrogen-bond donors (Lipinski definition) is 3. The van der Waals surface area contributed by atoms with Crippen LogP contribution >= 0.6 is 0 Å². The predicted molar refractivity (Wildman–Crippen MR) is 45.4 cm³/mol. The van der Waals surface area contributed by atoms with Gasteiger partial charge in [-0.1, -0.05) is 0 Å². The maximum absolute atomic E-state index is 10.7. The molecule has 0 aromatic carbocycles. The van der Waals surface area contributed by atoms with Crippen molar-refractivity contribution in [3.63, 3.8) is 0 Å². The number of β-amino-alcohol motifs (C(OH)–C–C–N with tert-alkyl or cyclic N) is 1. The molecule has 1 rings (SSSR count). The molecule has 0 radical (unpaired) electrons. The van der Waals surface area contributed by atoms with Gasteiger partial charge in [0.2, 0.25) is 0 Å². The van der Waals surface area contributed by atoms with Crippen molar-refractivity contribution < 1.29 is 19.7 Å². The van der Waals surface area contributed by atoms with E-state index in [1.54, 1.807) is 0 Å². The van der Waals surface area contributed by atoms with Crippen molar-refractivity contribution >= 4 is 5.97 Å². The topological polar surface area (TPSA) is 78.8 Å². The van der Waals surface area contributed by atoms with Gasteiger partial charge in [0.25, 0.3) is 0 Å². The Morgan fingerprint density at radius 3 is 2.69 bits per heavy atom. The van der Waals surface area contributed by atoms with E-state index in [1.165, 1.54) is 0 Å². The Bertz CT molecular complexity index is 195. The fraction of sp³-hybridized carbons (Fsp3) is 0.875. The van der Waals surface area contributed by atoms with Gasteiger partial charge in [-0.25, -0.2) is 0 Å². The van der Waals surface area contributed by atoms with Gasteiger partial charge in [0.1, 0.15) is 12.1 Å². The quantitative estimate of drug-likeness (QED) is 0.541. The Labute approximate surface area is 76.7 Å². The predicted octanol–water partition coefficient (Wildman–Crippen LogP) is -0.803. The normalized spacial score (nSPS) is 34.0. The van der Waals surface area contributed by atoms with Crippen LogP contribution in [0.1, 0.15) is 13.8 Å². The number of carbonyl (C=O) groups is 1. The van der Waals surface area contributed by atoms with Crippen LogP contribution in [0.2, 0.25) is 0 Å². The van der Waals surface area contributed by atoms with Gasteiger partial charge >= 0.3 is 5.97 Å². The van der Waals surface area contributed by atoms with E-state index in [2.05, 4.69) is 5.32 Å². The monoisotopic (exact) mass is 189 g/mol. The van der Waals surface area contributed by atoms with Crippen LogP contribution in [0.4, 0.5) is 0 Å². The third-order valence-electron chi connectivity index (χ3n) is 1.95. The fourth-order valence-corrected chi connectivity index (χ4v) is 1.41. The van der Waals surface area contributed by atoms with Gasteiger partial charge in [-0.15, -0.1) is 0 Å². The van der Waals surface area contributed by atoms with Crippen molar-refractivity contribution in [1.29, 1.82) is 0 Å². The molecule has 1 fully saturated rings. The molecule has 0 aromatic heterocycles. The molecule has 13 heavy (non-hydrogen) atoms. The molecule has 5 heteroatoms. The molecule has 1 aliphatic rings. The van der Waals surface area contributed by atoms with E-state index in [0.717, 1.165) is 0 Å². The fourth-order valence-electron chi connectivity index (χ4n) is 1.41. The van der Waals surface area contributed by atoms with Crippen molar-refractivity contribution in [3.8, 4) is 0 Å². The molecule has 0 spiro atoms. The molecule has 0 aliphatic carbocycles. The third-order valence-corrected chi connectivity index (χ3v) is 1.95. The molecule has 3 atom stereocenters. The minimum atomic E-state index is -0.984. The maximum atomic E-state index is 10.7. The minimum absolute atomic E-state index is 0.0820. The smallest absolute Gasteiger partial charge is 0.323 e. The van der Waals surface area contributed by atoms with Gasteiger partial charge in [0.05, 0.1) is 12.2 Å². The average Bonchev–Trinajstić information content (AvgIpc) is 2.32. The molecule has 0 unspecified atom stereocenters. The van der Waals surface area contributed by atoms with Crippen molar-refractivity contribution in [2.45, 2.75) is 38.2 Å². The summed E-state index contributed by atoms with van der Waals surface area (Å²) in [5, 5.41) is 20.9. The number of hydrogen-bond acceptors (Lipinski definition) is 4. The van der Waals surface area contributed by atoms with Crippen LogP contribution in [0.3, 0.4) is 0 Å². The Kier molecular flexibility index (Phi) is 3.24. The zero-order valence-corrected chi connectivity index (χ0v) is 7.73. The van der Waals surface area contributed by atoms with Crippen LogP contribution in [0, 0.1) is 0 Å². The number of aliphatic hydroxyl groups is 1. The van der Waals surface area contributed by atoms with Crippen molar-refractivity contribution in [2.75, 3.05) is 6.54 Å². The van der Waals surface area contributed by atoms with Crippen LogP contribution in [0.15, 0.2) is 0 Å². The zero-order chi connectivity index (χ0) is 10.0. The number of carboxylic acid groups (broad SMARTS) is 1. The molecule has 0 amide bonds. The standard InChI is InChI=1S/C8H15NO4/c1-4(2)13-7-5(10)3-9-6(7)8(11)12/h4-7,9-10H,3H2,1-2H3,(H,11,12)/t5-,6+,7+/m1/s1. The number of carboxylic acids is 1. The Morgan fingerprint density at radius 1 is 1.62 bits per heavy atom. The van der Waals surface area contributed by atoms with Gasteiger partial charge in [-0.3, -0.25) is 10.1 Å². The average molecular weight is 189 g/mol. The summed E-state index contributed by atoms with van der Waals surface area (Å²) in [5.74, 6) is -0.984. The van der Waals surface area contributed by atoms with E-state index in [-0.39, 0.29) is 12.6 Å². The lowest BCUT2D eigenvalue weighted by Crippen LogP contribution is -2.43. The van der Waals surface area contributed by atoms with Crippen LogP contribution in [-0.2, 0) is 9.53 Å². The van der Waals surface area contributed by atoms with Gasteiger partial charge < -0.3 is 14.9 Å². The first-order valence-electron chi connectivity index (χ1n) is 4.32. The summed E-state index contributed by atoms with van der Waals surface area (Å²) >= 11 is 0. The largest absolute Gasteiger partial charge is 0.480 e. The molecule has 76 valence electrons. The molecule has 1 heterocycles. The van der Waals surface area contributed by atoms with Crippen LogP contribution in [0.25, 0.3) is 0 Å². The number of aliphatic hydroxyl groups excluding tert-OH is 1. The minimum Gasteiger partial charge on any atom is -0.480 e. The molecule has 0 saturated carbocycles. The Balaban J connectivity index is 2.60. The van der Waals surface area contributed by atoms with Crippen LogP contribution < -0.4 is 5.32 Å². The molecular formula is C8H15NO4. The summed E-state index contributed by atoms with van der Waals surface area (Å²) in [7, 11) is 0. The van der Waals surface area contributed by atoms with Gasteiger partial charge in [-0.2, -0.15) is 0 Å². The van der Waals surface area contributed by atoms with Gasteiger partial charge in [0.15, 0.2) is 0 Å². The van der Waals surface area contributed by atoms with E-state index < -0.39 is 24.2 Å². The SMILES string of the molecule is CC(C)O[C@H]1[C@H](O)CN[C@@H]1C(=O)O. The number of rotatable bonds is 3.